The predicted octanol–water partition coefficient (Wildman–Crippen LogP) is 2.59. The SMILES string of the molecule is Cc1c(NC(=O)C2(C)Cc3ccccc3C(=O)O2)c(=O)n(-c2ccccc2)n1C. The van der Waals surface area contributed by atoms with Crippen LogP contribution in [0.5, 0.6) is 0 Å². The molecule has 0 spiro atoms. The molecule has 0 aliphatic carbocycles. The molecule has 0 bridgehead atoms. The molecule has 1 atom stereocenters. The number of carbonyl (C=O) groups is 2. The van der Waals surface area contributed by atoms with Crippen LogP contribution in [0, 0.1) is 6.92 Å². The molecule has 1 N–H and O–H groups in total. The third-order valence-corrected chi connectivity index (χ3v) is 5.36. The van der Waals surface area contributed by atoms with Crippen molar-refractivity contribution < 1.29 is 14.3 Å². The number of hydrogen-bond donors (Lipinski definition) is 1. The summed E-state index contributed by atoms with van der Waals surface area (Å²) in [5, 5.41) is 2.70. The van der Waals surface area contributed by atoms with Gasteiger partial charge in [0.1, 0.15) is 5.69 Å². The molecule has 1 aliphatic heterocycles. The average Bonchev–Trinajstić information content (AvgIpc) is 2.92. The van der Waals surface area contributed by atoms with Crippen molar-refractivity contribution in [3.63, 3.8) is 0 Å². The minimum Gasteiger partial charge on any atom is -0.445 e. The summed E-state index contributed by atoms with van der Waals surface area (Å²) in [5.74, 6) is -1.08. The largest absolute Gasteiger partial charge is 0.445 e. The zero-order valence-electron chi connectivity index (χ0n) is 16.4. The molecule has 2 heterocycles. The Balaban J connectivity index is 1.68. The fourth-order valence-electron chi connectivity index (χ4n) is 3.62. The summed E-state index contributed by atoms with van der Waals surface area (Å²) in [6, 6.07) is 16.2. The molecule has 29 heavy (non-hydrogen) atoms. The van der Waals surface area contributed by atoms with Crippen LogP contribution in [0.3, 0.4) is 0 Å². The highest BCUT2D eigenvalue weighted by Crippen LogP contribution is 2.29. The maximum atomic E-state index is 13.1. The van der Waals surface area contributed by atoms with Crippen LogP contribution >= 0.6 is 0 Å². The van der Waals surface area contributed by atoms with Gasteiger partial charge in [0.2, 0.25) is 0 Å². The Labute approximate surface area is 167 Å². The minimum absolute atomic E-state index is 0.164. The lowest BCUT2D eigenvalue weighted by Crippen LogP contribution is -2.49. The Morgan fingerprint density at radius 2 is 1.72 bits per heavy atom. The van der Waals surface area contributed by atoms with Gasteiger partial charge in [-0.25, -0.2) is 9.48 Å². The van der Waals surface area contributed by atoms with E-state index in [0.29, 0.717) is 16.9 Å². The molecule has 7 heteroatoms. The van der Waals surface area contributed by atoms with Crippen LogP contribution in [-0.4, -0.2) is 26.8 Å². The van der Waals surface area contributed by atoms with Gasteiger partial charge >= 0.3 is 5.97 Å². The van der Waals surface area contributed by atoms with Crippen LogP contribution in [0.15, 0.2) is 59.4 Å². The second kappa shape index (κ2) is 6.77. The molecule has 1 aromatic heterocycles. The predicted molar refractivity (Wildman–Crippen MR) is 108 cm³/mol. The third-order valence-electron chi connectivity index (χ3n) is 5.36. The standard InChI is InChI=1S/C22H21N3O4/c1-14-18(19(26)25(24(14)3)16-10-5-4-6-11-16)23-21(28)22(2)13-15-9-7-8-12-17(15)20(27)29-22/h4-12H,13H2,1-3H3,(H,23,28). The monoisotopic (exact) mass is 391 g/mol. The molecular formula is C22H21N3O4. The van der Waals surface area contributed by atoms with E-state index in [0.717, 1.165) is 5.56 Å². The first kappa shape index (κ1) is 18.7. The van der Waals surface area contributed by atoms with Gasteiger partial charge in [0.25, 0.3) is 11.5 Å². The number of rotatable bonds is 3. The molecule has 1 aliphatic rings. The van der Waals surface area contributed by atoms with Crippen molar-refractivity contribution in [1.29, 1.82) is 0 Å². The van der Waals surface area contributed by atoms with Crippen molar-refractivity contribution in [3.05, 3.63) is 81.8 Å². The first-order valence-corrected chi connectivity index (χ1v) is 9.28. The van der Waals surface area contributed by atoms with Crippen molar-refractivity contribution in [3.8, 4) is 5.69 Å². The van der Waals surface area contributed by atoms with Crippen LogP contribution in [0.2, 0.25) is 0 Å². The Kier molecular flexibility index (Phi) is 4.38. The number of anilines is 1. The van der Waals surface area contributed by atoms with Gasteiger partial charge in [0.15, 0.2) is 5.60 Å². The number of benzene rings is 2. The van der Waals surface area contributed by atoms with Gasteiger partial charge in [-0.3, -0.25) is 14.3 Å². The number of cyclic esters (lactones) is 1. The second-order valence-corrected chi connectivity index (χ2v) is 7.34. The van der Waals surface area contributed by atoms with Gasteiger partial charge in [-0.2, -0.15) is 0 Å². The van der Waals surface area contributed by atoms with Crippen molar-refractivity contribution in [1.82, 2.24) is 9.36 Å². The number of nitrogens with zero attached hydrogens (tertiary/aromatic N) is 2. The van der Waals surface area contributed by atoms with E-state index in [2.05, 4.69) is 5.32 Å². The number of esters is 1. The van der Waals surface area contributed by atoms with Gasteiger partial charge in [-0.15, -0.1) is 0 Å². The molecule has 0 fully saturated rings. The first-order valence-electron chi connectivity index (χ1n) is 9.28. The molecule has 0 saturated carbocycles. The highest BCUT2D eigenvalue weighted by molar-refractivity contribution is 6.02. The maximum absolute atomic E-state index is 13.1. The fourth-order valence-corrected chi connectivity index (χ4v) is 3.62. The van der Waals surface area contributed by atoms with Crippen molar-refractivity contribution in [2.24, 2.45) is 7.05 Å². The third kappa shape index (κ3) is 3.04. The molecule has 148 valence electrons. The van der Waals surface area contributed by atoms with Crippen LogP contribution < -0.4 is 10.9 Å². The number of aromatic nitrogens is 2. The van der Waals surface area contributed by atoms with Gasteiger partial charge in [-0.1, -0.05) is 36.4 Å². The number of carbonyl (C=O) groups excluding carboxylic acids is 2. The Morgan fingerprint density at radius 3 is 2.45 bits per heavy atom. The van der Waals surface area contributed by atoms with E-state index in [1.807, 2.05) is 36.4 Å². The zero-order valence-corrected chi connectivity index (χ0v) is 16.4. The van der Waals surface area contributed by atoms with E-state index in [1.165, 1.54) is 4.68 Å². The molecule has 1 amide bonds. The highest BCUT2D eigenvalue weighted by atomic mass is 16.6. The van der Waals surface area contributed by atoms with Gasteiger partial charge in [0.05, 0.1) is 16.9 Å². The summed E-state index contributed by atoms with van der Waals surface area (Å²) in [6.07, 6.45) is 0.236. The van der Waals surface area contributed by atoms with E-state index in [1.54, 1.807) is 43.8 Å². The van der Waals surface area contributed by atoms with Crippen LogP contribution in [0.1, 0.15) is 28.5 Å². The minimum atomic E-state index is -1.41. The first-order chi connectivity index (χ1) is 13.8. The zero-order chi connectivity index (χ0) is 20.8. The molecule has 4 rings (SSSR count). The van der Waals surface area contributed by atoms with Crippen LogP contribution in [0.4, 0.5) is 5.69 Å². The number of fused-ring (bicyclic) bond motifs is 1. The topological polar surface area (TPSA) is 82.3 Å². The quantitative estimate of drug-likeness (QED) is 0.696. The van der Waals surface area contributed by atoms with E-state index in [-0.39, 0.29) is 17.7 Å². The summed E-state index contributed by atoms with van der Waals surface area (Å²) in [5.41, 5.74) is 0.893. The molecule has 3 aromatic rings. The maximum Gasteiger partial charge on any atom is 0.339 e. The number of amides is 1. The van der Waals surface area contributed by atoms with Crippen molar-refractivity contribution in [2.45, 2.75) is 25.9 Å². The van der Waals surface area contributed by atoms with Gasteiger partial charge in [-0.05, 0) is 37.6 Å². The van der Waals surface area contributed by atoms with Crippen molar-refractivity contribution in [2.75, 3.05) is 5.32 Å². The Morgan fingerprint density at radius 1 is 1.07 bits per heavy atom. The normalized spacial score (nSPS) is 18.1. The van der Waals surface area contributed by atoms with E-state index < -0.39 is 17.5 Å². The van der Waals surface area contributed by atoms with E-state index in [9.17, 15) is 14.4 Å². The molecule has 0 saturated heterocycles. The molecule has 7 nitrogen and oxygen atoms in total. The number of ether oxygens (including phenoxy) is 1. The lowest BCUT2D eigenvalue weighted by molar-refractivity contribution is -0.134. The summed E-state index contributed by atoms with van der Waals surface area (Å²) < 4.78 is 8.63. The summed E-state index contributed by atoms with van der Waals surface area (Å²) in [4.78, 5) is 38.4. The lowest BCUT2D eigenvalue weighted by atomic mass is 9.89. The summed E-state index contributed by atoms with van der Waals surface area (Å²) in [7, 11) is 1.75. The van der Waals surface area contributed by atoms with Crippen LogP contribution in [0.25, 0.3) is 5.69 Å². The Bertz CT molecular complexity index is 1180. The molecular weight excluding hydrogens is 370 g/mol. The summed E-state index contributed by atoms with van der Waals surface area (Å²) in [6.45, 7) is 3.31. The molecule has 0 radical (unpaired) electrons. The fraction of sp³-hybridized carbons (Fsp3) is 0.227. The Hall–Kier alpha value is -3.61. The number of para-hydroxylation sites is 1. The summed E-state index contributed by atoms with van der Waals surface area (Å²) >= 11 is 0. The smallest absolute Gasteiger partial charge is 0.339 e. The van der Waals surface area contributed by atoms with E-state index in [4.69, 9.17) is 4.74 Å². The van der Waals surface area contributed by atoms with Gasteiger partial charge in [0, 0.05) is 13.5 Å². The number of hydrogen-bond acceptors (Lipinski definition) is 4. The van der Waals surface area contributed by atoms with E-state index >= 15 is 0 Å². The lowest BCUT2D eigenvalue weighted by Gasteiger charge is -2.32. The van der Waals surface area contributed by atoms with Crippen LogP contribution in [-0.2, 0) is 23.0 Å². The van der Waals surface area contributed by atoms with Crippen molar-refractivity contribution >= 4 is 17.6 Å². The average molecular weight is 391 g/mol. The van der Waals surface area contributed by atoms with Gasteiger partial charge < -0.3 is 10.1 Å². The highest BCUT2D eigenvalue weighted by Gasteiger charge is 2.43. The second-order valence-electron chi connectivity index (χ2n) is 7.34. The molecule has 2 aromatic carbocycles. The molecule has 1 unspecified atom stereocenters. The number of nitrogens with one attached hydrogen (secondary N) is 1.